The predicted octanol–water partition coefficient (Wildman–Crippen LogP) is 5.45. The van der Waals surface area contributed by atoms with Gasteiger partial charge in [-0.2, -0.15) is 0 Å². The number of carbonyl (C=O) groups is 2. The Morgan fingerprint density at radius 3 is 2.27 bits per heavy atom. The third kappa shape index (κ3) is 4.70. The number of ketones is 1. The van der Waals surface area contributed by atoms with Crippen molar-refractivity contribution < 1.29 is 43.9 Å². The van der Waals surface area contributed by atoms with Crippen LogP contribution in [-0.4, -0.2) is 82.7 Å². The van der Waals surface area contributed by atoms with Gasteiger partial charge in [0.1, 0.15) is 30.5 Å². The molecule has 0 amide bonds. The van der Waals surface area contributed by atoms with Crippen molar-refractivity contribution in [3.05, 3.63) is 0 Å². The standard InChI is InChI=1S/C40H64O9/c1-20(2)35(5,6)33(47-22(4)41)24-17-21(3)28-31(48-24)32(45)38(10)26-12-11-25-36(7,8)27(49-34-30(44)29(43)23(42)18-46-34)13-14-39(25)19-40(26,39)16-15-37(28,38)9/h20-21,23-31,33-34,42-44H,11-19H2,1-10H3. The molecule has 9 heteroatoms. The first-order valence-corrected chi connectivity index (χ1v) is 19.4. The van der Waals surface area contributed by atoms with Crippen molar-refractivity contribution >= 4 is 11.8 Å². The average Bonchev–Trinajstić information content (AvgIpc) is 3.65. The van der Waals surface area contributed by atoms with Gasteiger partial charge in [-0.05, 0) is 96.7 Å². The number of fused-ring (bicyclic) bond motifs is 4. The van der Waals surface area contributed by atoms with Crippen LogP contribution in [0.5, 0.6) is 0 Å². The molecule has 9 nitrogen and oxygen atoms in total. The Labute approximate surface area is 293 Å². The summed E-state index contributed by atoms with van der Waals surface area (Å²) in [5, 5.41) is 30.9. The van der Waals surface area contributed by atoms with Gasteiger partial charge < -0.3 is 34.3 Å². The molecule has 7 aliphatic rings. The highest BCUT2D eigenvalue weighted by atomic mass is 16.7. The van der Waals surface area contributed by atoms with Gasteiger partial charge in [0.25, 0.3) is 0 Å². The van der Waals surface area contributed by atoms with Crippen LogP contribution >= 0.6 is 0 Å². The maximum absolute atomic E-state index is 15.1. The molecule has 5 aliphatic carbocycles. The van der Waals surface area contributed by atoms with Crippen LogP contribution in [0.1, 0.15) is 121 Å². The highest BCUT2D eigenvalue weighted by Crippen LogP contribution is 2.89. The molecule has 16 atom stereocenters. The van der Waals surface area contributed by atoms with E-state index in [0.29, 0.717) is 11.8 Å². The minimum absolute atomic E-state index is 0.0649. The number of ether oxygens (including phenoxy) is 4. The van der Waals surface area contributed by atoms with Crippen LogP contribution in [0.15, 0.2) is 0 Å². The number of hydrogen-bond donors (Lipinski definition) is 3. The van der Waals surface area contributed by atoms with Gasteiger partial charge in [0.15, 0.2) is 12.1 Å². The summed E-state index contributed by atoms with van der Waals surface area (Å²) in [7, 11) is 0. The molecule has 5 saturated carbocycles. The van der Waals surface area contributed by atoms with E-state index in [-0.39, 0.29) is 75.4 Å². The topological polar surface area (TPSA) is 132 Å². The van der Waals surface area contributed by atoms with E-state index in [4.69, 9.17) is 18.9 Å². The van der Waals surface area contributed by atoms with Crippen LogP contribution in [0.3, 0.4) is 0 Å². The molecule has 2 aliphatic heterocycles. The summed E-state index contributed by atoms with van der Waals surface area (Å²) in [6.07, 6.45) is 1.93. The van der Waals surface area contributed by atoms with Crippen molar-refractivity contribution in [3.63, 3.8) is 0 Å². The van der Waals surface area contributed by atoms with E-state index in [1.165, 1.54) is 6.92 Å². The zero-order chi connectivity index (χ0) is 35.9. The van der Waals surface area contributed by atoms with Crippen LogP contribution in [0.4, 0.5) is 0 Å². The Hall–Kier alpha value is -1.10. The molecule has 278 valence electrons. The lowest BCUT2D eigenvalue weighted by Gasteiger charge is -2.62. The van der Waals surface area contributed by atoms with Gasteiger partial charge >= 0.3 is 5.97 Å². The van der Waals surface area contributed by atoms with Gasteiger partial charge in [-0.1, -0.05) is 62.3 Å². The number of aliphatic hydroxyl groups is 3. The van der Waals surface area contributed by atoms with E-state index in [9.17, 15) is 20.1 Å². The first-order chi connectivity index (χ1) is 22.7. The number of carbonyl (C=O) groups excluding carboxylic acids is 2. The van der Waals surface area contributed by atoms with Crippen LogP contribution in [0, 0.1) is 62.1 Å². The molecule has 2 saturated heterocycles. The normalized spacial score (nSPS) is 52.3. The molecular weight excluding hydrogens is 624 g/mol. The second-order valence-electron chi connectivity index (χ2n) is 19.7. The summed E-state index contributed by atoms with van der Waals surface area (Å²) >= 11 is 0. The van der Waals surface area contributed by atoms with E-state index in [2.05, 4.69) is 62.3 Å². The van der Waals surface area contributed by atoms with Gasteiger partial charge in [-0.3, -0.25) is 9.59 Å². The molecule has 0 bridgehead atoms. The minimum atomic E-state index is -1.30. The summed E-state index contributed by atoms with van der Waals surface area (Å²) < 4.78 is 25.2. The maximum Gasteiger partial charge on any atom is 0.303 e. The lowest BCUT2D eigenvalue weighted by atomic mass is 9.41. The van der Waals surface area contributed by atoms with E-state index in [1.54, 1.807) is 0 Å². The number of rotatable bonds is 6. The largest absolute Gasteiger partial charge is 0.459 e. The quantitative estimate of drug-likeness (QED) is 0.246. The number of esters is 1. The Balaban J connectivity index is 1.15. The Morgan fingerprint density at radius 1 is 0.959 bits per heavy atom. The second-order valence-corrected chi connectivity index (χ2v) is 19.7. The molecule has 0 radical (unpaired) electrons. The molecule has 49 heavy (non-hydrogen) atoms. The Morgan fingerprint density at radius 2 is 1.61 bits per heavy atom. The Bertz CT molecular complexity index is 1340. The minimum Gasteiger partial charge on any atom is -0.459 e. The van der Waals surface area contributed by atoms with Crippen LogP contribution in [0.2, 0.25) is 0 Å². The van der Waals surface area contributed by atoms with Crippen molar-refractivity contribution in [2.45, 2.75) is 170 Å². The lowest BCUT2D eigenvalue weighted by molar-refractivity contribution is -0.302. The zero-order valence-electron chi connectivity index (χ0n) is 31.7. The molecule has 0 aromatic carbocycles. The summed E-state index contributed by atoms with van der Waals surface area (Å²) in [5.74, 6) is 1.36. The molecule has 0 aromatic heterocycles. The highest BCUT2D eigenvalue weighted by molar-refractivity contribution is 5.93. The first kappa shape index (κ1) is 36.3. The van der Waals surface area contributed by atoms with Crippen molar-refractivity contribution in [2.75, 3.05) is 6.61 Å². The van der Waals surface area contributed by atoms with Crippen LogP contribution in [0.25, 0.3) is 0 Å². The third-order valence-electron chi connectivity index (χ3n) is 17.1. The van der Waals surface area contributed by atoms with Gasteiger partial charge in [0.05, 0.1) is 18.8 Å². The molecule has 16 unspecified atom stereocenters. The molecule has 2 spiro atoms. The van der Waals surface area contributed by atoms with E-state index >= 15 is 4.79 Å². The average molecular weight is 689 g/mol. The van der Waals surface area contributed by atoms with Crippen molar-refractivity contribution in [2.24, 2.45) is 62.1 Å². The van der Waals surface area contributed by atoms with Crippen LogP contribution < -0.4 is 0 Å². The molecule has 2 heterocycles. The fourth-order valence-corrected chi connectivity index (χ4v) is 13.7. The van der Waals surface area contributed by atoms with Gasteiger partial charge in [0, 0.05) is 23.7 Å². The van der Waals surface area contributed by atoms with Gasteiger partial charge in [0.2, 0.25) is 0 Å². The molecule has 7 rings (SSSR count). The fourth-order valence-electron chi connectivity index (χ4n) is 13.7. The SMILES string of the molecule is CC(=O)OC(C1CC(C)C2C(O1)C(=O)C1(C)C3CCC4C(C)(C)C(OC5OCC(O)C(O)C5O)CCC45CC35CCC21C)C(C)(C)C(C)C. The number of hydrogen-bond acceptors (Lipinski definition) is 9. The third-order valence-corrected chi connectivity index (χ3v) is 17.1. The van der Waals surface area contributed by atoms with Crippen molar-refractivity contribution in [3.8, 4) is 0 Å². The zero-order valence-corrected chi connectivity index (χ0v) is 31.7. The molecular formula is C40H64O9. The lowest BCUT2D eigenvalue weighted by Crippen LogP contribution is -2.60. The smallest absolute Gasteiger partial charge is 0.303 e. The Kier molecular flexibility index (Phi) is 8.47. The van der Waals surface area contributed by atoms with E-state index in [0.717, 1.165) is 51.4 Å². The highest BCUT2D eigenvalue weighted by Gasteiger charge is 2.85. The van der Waals surface area contributed by atoms with E-state index < -0.39 is 42.2 Å². The summed E-state index contributed by atoms with van der Waals surface area (Å²) in [6.45, 7) is 21.6. The fraction of sp³-hybridized carbons (Fsp3) is 0.950. The summed E-state index contributed by atoms with van der Waals surface area (Å²) in [4.78, 5) is 27.5. The maximum atomic E-state index is 15.1. The van der Waals surface area contributed by atoms with Crippen molar-refractivity contribution in [1.29, 1.82) is 0 Å². The predicted molar refractivity (Wildman–Crippen MR) is 182 cm³/mol. The second kappa shape index (κ2) is 11.4. The molecule has 3 N–H and O–H groups in total. The first-order valence-electron chi connectivity index (χ1n) is 19.4. The molecule has 0 aromatic rings. The summed E-state index contributed by atoms with van der Waals surface area (Å²) in [5.41, 5.74) is -0.865. The summed E-state index contributed by atoms with van der Waals surface area (Å²) in [6, 6.07) is 0. The number of Topliss-reactive ketones (excluding diaryl/α,β-unsaturated/α-hetero) is 1. The van der Waals surface area contributed by atoms with Gasteiger partial charge in [-0.15, -0.1) is 0 Å². The number of aliphatic hydroxyl groups excluding tert-OH is 3. The monoisotopic (exact) mass is 688 g/mol. The molecule has 7 fully saturated rings. The van der Waals surface area contributed by atoms with Gasteiger partial charge in [-0.25, -0.2) is 0 Å². The van der Waals surface area contributed by atoms with E-state index in [1.807, 2.05) is 0 Å². The van der Waals surface area contributed by atoms with Crippen molar-refractivity contribution in [1.82, 2.24) is 0 Å². The van der Waals surface area contributed by atoms with Crippen LogP contribution in [-0.2, 0) is 28.5 Å².